The van der Waals surface area contributed by atoms with Gasteiger partial charge in [-0.25, -0.2) is 0 Å². The number of benzene rings is 1. The molecule has 0 bridgehead atoms. The maximum Gasteiger partial charge on any atom is 0.273 e. The van der Waals surface area contributed by atoms with Crippen molar-refractivity contribution in [1.29, 1.82) is 0 Å². The van der Waals surface area contributed by atoms with Crippen LogP contribution < -0.4 is 5.32 Å². The molecule has 1 aromatic carbocycles. The molecule has 0 spiro atoms. The lowest BCUT2D eigenvalue weighted by Gasteiger charge is -2.29. The average molecular weight is 358 g/mol. The summed E-state index contributed by atoms with van der Waals surface area (Å²) in [6.07, 6.45) is 0. The molecule has 21 heavy (non-hydrogen) atoms. The molecule has 116 valence electrons. The minimum absolute atomic E-state index is 0.157. The highest BCUT2D eigenvalue weighted by molar-refractivity contribution is 9.10. The van der Waals surface area contributed by atoms with Gasteiger partial charge in [-0.3, -0.25) is 15.0 Å². The van der Waals surface area contributed by atoms with E-state index in [0.717, 1.165) is 37.3 Å². The fourth-order valence-corrected chi connectivity index (χ4v) is 2.80. The van der Waals surface area contributed by atoms with Gasteiger partial charge in [0.1, 0.15) is 0 Å². The van der Waals surface area contributed by atoms with Crippen LogP contribution in [0.25, 0.3) is 0 Å². The molecule has 1 aromatic rings. The van der Waals surface area contributed by atoms with Crippen LogP contribution in [0.3, 0.4) is 0 Å². The van der Waals surface area contributed by atoms with Crippen LogP contribution in [-0.2, 0) is 11.3 Å². The van der Waals surface area contributed by atoms with Gasteiger partial charge in [0.25, 0.3) is 5.69 Å². The predicted octanol–water partition coefficient (Wildman–Crippen LogP) is 2.17. The molecule has 0 aromatic heterocycles. The quantitative estimate of drug-likeness (QED) is 0.624. The molecule has 1 atom stereocenters. The largest absolute Gasteiger partial charge is 0.379 e. The molecule has 7 heteroatoms. The Balaban J connectivity index is 1.89. The smallest absolute Gasteiger partial charge is 0.273 e. The molecule has 1 aliphatic rings. The zero-order valence-corrected chi connectivity index (χ0v) is 13.6. The number of nitro groups is 1. The molecular formula is C14H20BrN3O3. The van der Waals surface area contributed by atoms with Gasteiger partial charge in [-0.15, -0.1) is 0 Å². The summed E-state index contributed by atoms with van der Waals surface area (Å²) in [7, 11) is 0. The van der Waals surface area contributed by atoms with Crippen LogP contribution in [0, 0.1) is 10.1 Å². The van der Waals surface area contributed by atoms with Crippen LogP contribution in [0.1, 0.15) is 12.5 Å². The fourth-order valence-electron chi connectivity index (χ4n) is 2.39. The lowest BCUT2D eigenvalue weighted by Crippen LogP contribution is -2.44. The van der Waals surface area contributed by atoms with Gasteiger partial charge in [-0.1, -0.05) is 15.9 Å². The Morgan fingerprint density at radius 2 is 2.19 bits per heavy atom. The van der Waals surface area contributed by atoms with Gasteiger partial charge in [-0.05, 0) is 19.1 Å². The SMILES string of the molecule is CC(CN1CCOCC1)NCc1cc(Br)ccc1[N+](=O)[O-]. The van der Waals surface area contributed by atoms with Crippen LogP contribution in [0.4, 0.5) is 5.69 Å². The van der Waals surface area contributed by atoms with E-state index in [1.807, 2.05) is 0 Å². The van der Waals surface area contributed by atoms with E-state index in [2.05, 4.69) is 33.1 Å². The summed E-state index contributed by atoms with van der Waals surface area (Å²) in [4.78, 5) is 13.0. The van der Waals surface area contributed by atoms with Crippen LogP contribution in [0.2, 0.25) is 0 Å². The van der Waals surface area contributed by atoms with Crippen molar-refractivity contribution in [2.75, 3.05) is 32.8 Å². The Labute approximate surface area is 132 Å². The first-order valence-electron chi connectivity index (χ1n) is 7.02. The normalized spacial score (nSPS) is 17.6. The third-order valence-corrected chi connectivity index (χ3v) is 4.01. The van der Waals surface area contributed by atoms with Crippen molar-refractivity contribution in [3.8, 4) is 0 Å². The first-order chi connectivity index (χ1) is 10.1. The topological polar surface area (TPSA) is 67.6 Å². The van der Waals surface area contributed by atoms with Crippen LogP contribution in [0.5, 0.6) is 0 Å². The van der Waals surface area contributed by atoms with Crippen LogP contribution >= 0.6 is 15.9 Å². The molecule has 6 nitrogen and oxygen atoms in total. The van der Waals surface area contributed by atoms with E-state index in [4.69, 9.17) is 4.74 Å². The first kappa shape index (κ1) is 16.4. The molecule has 2 rings (SSSR count). The van der Waals surface area contributed by atoms with Crippen molar-refractivity contribution in [2.45, 2.75) is 19.5 Å². The molecule has 0 aliphatic carbocycles. The van der Waals surface area contributed by atoms with E-state index in [1.165, 1.54) is 6.07 Å². The number of ether oxygens (including phenoxy) is 1. The molecule has 1 aliphatic heterocycles. The third kappa shape index (κ3) is 5.03. The number of hydrogen-bond donors (Lipinski definition) is 1. The van der Waals surface area contributed by atoms with Crippen molar-refractivity contribution in [2.24, 2.45) is 0 Å². The lowest BCUT2D eigenvalue weighted by molar-refractivity contribution is -0.385. The minimum Gasteiger partial charge on any atom is -0.379 e. The number of nitrogens with zero attached hydrogens (tertiary/aromatic N) is 2. The van der Waals surface area contributed by atoms with E-state index in [9.17, 15) is 10.1 Å². The monoisotopic (exact) mass is 357 g/mol. The fraction of sp³-hybridized carbons (Fsp3) is 0.571. The van der Waals surface area contributed by atoms with Gasteiger partial charge in [0.05, 0.1) is 18.1 Å². The summed E-state index contributed by atoms with van der Waals surface area (Å²) >= 11 is 3.36. The summed E-state index contributed by atoms with van der Waals surface area (Å²) in [5.41, 5.74) is 0.854. The Hall–Kier alpha value is -1.02. The van der Waals surface area contributed by atoms with E-state index in [0.29, 0.717) is 12.1 Å². The molecule has 0 saturated carbocycles. The summed E-state index contributed by atoms with van der Waals surface area (Å²) in [6.45, 7) is 6.96. The van der Waals surface area contributed by atoms with E-state index in [1.54, 1.807) is 12.1 Å². The Morgan fingerprint density at radius 3 is 2.86 bits per heavy atom. The van der Waals surface area contributed by atoms with Crippen molar-refractivity contribution in [3.05, 3.63) is 38.3 Å². The zero-order chi connectivity index (χ0) is 15.2. The molecule has 0 radical (unpaired) electrons. The molecule has 1 unspecified atom stereocenters. The summed E-state index contributed by atoms with van der Waals surface area (Å²) in [5.74, 6) is 0. The lowest BCUT2D eigenvalue weighted by atomic mass is 10.1. The molecule has 1 fully saturated rings. The Kier molecular flexibility index (Phi) is 6.10. The Bertz CT molecular complexity index is 492. The second-order valence-electron chi connectivity index (χ2n) is 5.23. The highest BCUT2D eigenvalue weighted by Gasteiger charge is 2.16. The van der Waals surface area contributed by atoms with Gasteiger partial charge < -0.3 is 10.1 Å². The third-order valence-electron chi connectivity index (χ3n) is 3.51. The van der Waals surface area contributed by atoms with Gasteiger partial charge in [0, 0.05) is 48.3 Å². The van der Waals surface area contributed by atoms with Crippen molar-refractivity contribution in [1.82, 2.24) is 10.2 Å². The van der Waals surface area contributed by atoms with Crippen LogP contribution in [-0.4, -0.2) is 48.7 Å². The zero-order valence-electron chi connectivity index (χ0n) is 12.0. The summed E-state index contributed by atoms with van der Waals surface area (Å²) in [5, 5.41) is 14.4. The van der Waals surface area contributed by atoms with Crippen molar-refractivity contribution < 1.29 is 9.66 Å². The number of rotatable bonds is 6. The second kappa shape index (κ2) is 7.84. The predicted molar refractivity (Wildman–Crippen MR) is 84.4 cm³/mol. The molecule has 1 saturated heterocycles. The van der Waals surface area contributed by atoms with E-state index in [-0.39, 0.29) is 16.7 Å². The highest BCUT2D eigenvalue weighted by Crippen LogP contribution is 2.22. The molecule has 1 heterocycles. The average Bonchev–Trinajstić information content (AvgIpc) is 2.46. The standard InChI is InChI=1S/C14H20BrN3O3/c1-11(10-17-4-6-21-7-5-17)16-9-12-8-13(15)2-3-14(12)18(19)20/h2-3,8,11,16H,4-7,9-10H2,1H3. The van der Waals surface area contributed by atoms with Crippen molar-refractivity contribution in [3.63, 3.8) is 0 Å². The molecule has 1 N–H and O–H groups in total. The van der Waals surface area contributed by atoms with Gasteiger partial charge in [0.15, 0.2) is 0 Å². The highest BCUT2D eigenvalue weighted by atomic mass is 79.9. The summed E-state index contributed by atoms with van der Waals surface area (Å²) < 4.78 is 6.18. The van der Waals surface area contributed by atoms with Gasteiger partial charge in [-0.2, -0.15) is 0 Å². The molecular weight excluding hydrogens is 338 g/mol. The maximum atomic E-state index is 11.0. The van der Waals surface area contributed by atoms with Crippen LogP contribution in [0.15, 0.2) is 22.7 Å². The minimum atomic E-state index is -0.337. The first-order valence-corrected chi connectivity index (χ1v) is 7.82. The van der Waals surface area contributed by atoms with E-state index >= 15 is 0 Å². The molecule has 0 amide bonds. The summed E-state index contributed by atoms with van der Waals surface area (Å²) in [6, 6.07) is 5.29. The van der Waals surface area contributed by atoms with Gasteiger partial charge >= 0.3 is 0 Å². The van der Waals surface area contributed by atoms with Gasteiger partial charge in [0.2, 0.25) is 0 Å². The number of nitrogens with one attached hydrogen (secondary N) is 1. The second-order valence-corrected chi connectivity index (χ2v) is 6.14. The number of hydrogen-bond acceptors (Lipinski definition) is 5. The number of morpholine rings is 1. The van der Waals surface area contributed by atoms with E-state index < -0.39 is 0 Å². The Morgan fingerprint density at radius 1 is 1.48 bits per heavy atom. The van der Waals surface area contributed by atoms with Crippen molar-refractivity contribution >= 4 is 21.6 Å². The number of halogens is 1. The maximum absolute atomic E-state index is 11.0. The number of nitro benzene ring substituents is 1.